The normalized spacial score (nSPS) is 18.7. The predicted molar refractivity (Wildman–Crippen MR) is 119 cm³/mol. The van der Waals surface area contributed by atoms with E-state index in [2.05, 4.69) is 29.0 Å². The van der Waals surface area contributed by atoms with Crippen molar-refractivity contribution in [3.8, 4) is 11.3 Å². The Labute approximate surface area is 184 Å². The number of aromatic carboxylic acids is 1. The van der Waals surface area contributed by atoms with E-state index in [1.807, 2.05) is 24.3 Å². The average molecular weight is 442 g/mol. The first-order valence-electron chi connectivity index (χ1n) is 9.49. The number of carbonyl (C=O) groups is 1. The second-order valence-electron chi connectivity index (χ2n) is 7.33. The summed E-state index contributed by atoms with van der Waals surface area (Å²) in [6, 6.07) is 13.7. The summed E-state index contributed by atoms with van der Waals surface area (Å²) < 4.78 is 6.20. The molecule has 8 heteroatoms. The molecule has 1 saturated heterocycles. The van der Waals surface area contributed by atoms with Gasteiger partial charge in [-0.1, -0.05) is 17.7 Å². The Hall–Kier alpha value is -2.90. The minimum atomic E-state index is -1.02. The van der Waals surface area contributed by atoms with Crippen LogP contribution in [-0.4, -0.2) is 32.1 Å². The molecule has 4 rings (SSSR count). The molecule has 1 fully saturated rings. The standard InChI is InChI=1S/C22H20ClN3O3S/c1-12(2)26-20(19(25-22(26)30)16-5-3-4-10-24-16)18-9-8-17(29-18)14-11-13(21(27)28)6-7-15(14)23/h3-12,19-20H,1-2H3,(H,25,30)(H,27,28)/t19-,20-/m0/s1. The molecule has 3 aromatic rings. The van der Waals surface area contributed by atoms with Gasteiger partial charge in [-0.3, -0.25) is 4.98 Å². The molecule has 3 heterocycles. The molecule has 0 amide bonds. The van der Waals surface area contributed by atoms with Gasteiger partial charge in [0.2, 0.25) is 0 Å². The fourth-order valence-electron chi connectivity index (χ4n) is 3.73. The van der Waals surface area contributed by atoms with Crippen LogP contribution in [0.3, 0.4) is 0 Å². The van der Waals surface area contributed by atoms with E-state index in [1.165, 1.54) is 12.1 Å². The number of rotatable bonds is 5. The van der Waals surface area contributed by atoms with Gasteiger partial charge in [0.05, 0.1) is 22.3 Å². The van der Waals surface area contributed by atoms with Gasteiger partial charge in [-0.15, -0.1) is 0 Å². The molecule has 2 N–H and O–H groups in total. The molecular formula is C22H20ClN3O3S. The zero-order valence-electron chi connectivity index (χ0n) is 16.4. The van der Waals surface area contributed by atoms with Crippen LogP contribution in [0.25, 0.3) is 11.3 Å². The van der Waals surface area contributed by atoms with Crippen LogP contribution in [-0.2, 0) is 0 Å². The van der Waals surface area contributed by atoms with Crippen LogP contribution in [0.2, 0.25) is 5.02 Å². The lowest BCUT2D eigenvalue weighted by Crippen LogP contribution is -2.35. The van der Waals surface area contributed by atoms with Crippen molar-refractivity contribution >= 4 is 34.9 Å². The topological polar surface area (TPSA) is 78.6 Å². The first kappa shape index (κ1) is 20.4. The molecule has 2 aromatic heterocycles. The zero-order chi connectivity index (χ0) is 21.4. The van der Waals surface area contributed by atoms with Gasteiger partial charge >= 0.3 is 5.97 Å². The van der Waals surface area contributed by atoms with Crippen molar-refractivity contribution in [2.24, 2.45) is 0 Å². The summed E-state index contributed by atoms with van der Waals surface area (Å²) in [6.45, 7) is 4.14. The van der Waals surface area contributed by atoms with Crippen LogP contribution in [0, 0.1) is 0 Å². The lowest BCUT2D eigenvalue weighted by atomic mass is 10.0. The number of nitrogens with zero attached hydrogens (tertiary/aromatic N) is 2. The zero-order valence-corrected chi connectivity index (χ0v) is 17.9. The van der Waals surface area contributed by atoms with Crippen LogP contribution in [0.15, 0.2) is 59.1 Å². The highest BCUT2D eigenvalue weighted by molar-refractivity contribution is 7.80. The lowest BCUT2D eigenvalue weighted by Gasteiger charge is -2.29. The van der Waals surface area contributed by atoms with E-state index in [-0.39, 0.29) is 23.7 Å². The van der Waals surface area contributed by atoms with Crippen molar-refractivity contribution < 1.29 is 14.3 Å². The maximum atomic E-state index is 11.4. The Morgan fingerprint density at radius 1 is 1.27 bits per heavy atom. The summed E-state index contributed by atoms with van der Waals surface area (Å²) in [6.07, 6.45) is 1.75. The van der Waals surface area contributed by atoms with E-state index in [1.54, 1.807) is 18.3 Å². The van der Waals surface area contributed by atoms with Gasteiger partial charge in [0.1, 0.15) is 17.6 Å². The molecule has 0 unspecified atom stereocenters. The number of furan rings is 1. The molecular weight excluding hydrogens is 422 g/mol. The summed E-state index contributed by atoms with van der Waals surface area (Å²) >= 11 is 11.9. The molecule has 30 heavy (non-hydrogen) atoms. The van der Waals surface area contributed by atoms with Crippen molar-refractivity contribution in [2.75, 3.05) is 0 Å². The molecule has 0 bridgehead atoms. The molecule has 0 spiro atoms. The Balaban J connectivity index is 1.77. The summed E-state index contributed by atoms with van der Waals surface area (Å²) in [5, 5.41) is 13.7. The van der Waals surface area contributed by atoms with Crippen LogP contribution >= 0.6 is 23.8 Å². The monoisotopic (exact) mass is 441 g/mol. The number of aromatic nitrogens is 1. The van der Waals surface area contributed by atoms with E-state index in [4.69, 9.17) is 28.2 Å². The average Bonchev–Trinajstić information content (AvgIpc) is 3.33. The van der Waals surface area contributed by atoms with Gasteiger partial charge in [0.25, 0.3) is 0 Å². The summed E-state index contributed by atoms with van der Waals surface area (Å²) in [4.78, 5) is 17.9. The number of hydrogen-bond donors (Lipinski definition) is 2. The number of pyridine rings is 1. The van der Waals surface area contributed by atoms with E-state index in [0.29, 0.717) is 27.2 Å². The number of thiocarbonyl (C=S) groups is 1. The largest absolute Gasteiger partial charge is 0.478 e. The third kappa shape index (κ3) is 3.66. The Morgan fingerprint density at radius 3 is 2.73 bits per heavy atom. The predicted octanol–water partition coefficient (Wildman–Crippen LogP) is 5.07. The third-order valence-electron chi connectivity index (χ3n) is 5.09. The molecule has 1 aliphatic heterocycles. The molecule has 0 aliphatic carbocycles. The van der Waals surface area contributed by atoms with Crippen LogP contribution in [0.4, 0.5) is 0 Å². The van der Waals surface area contributed by atoms with Crippen LogP contribution < -0.4 is 5.32 Å². The summed E-state index contributed by atoms with van der Waals surface area (Å²) in [5.41, 5.74) is 1.53. The van der Waals surface area contributed by atoms with Crippen molar-refractivity contribution in [3.63, 3.8) is 0 Å². The number of halogens is 1. The van der Waals surface area contributed by atoms with Gasteiger partial charge < -0.3 is 19.7 Å². The molecule has 1 aromatic carbocycles. The Bertz CT molecular complexity index is 1100. The maximum absolute atomic E-state index is 11.4. The van der Waals surface area contributed by atoms with Gasteiger partial charge in [0, 0.05) is 17.8 Å². The lowest BCUT2D eigenvalue weighted by molar-refractivity contribution is 0.0697. The van der Waals surface area contributed by atoms with E-state index in [9.17, 15) is 9.90 Å². The van der Waals surface area contributed by atoms with E-state index >= 15 is 0 Å². The van der Waals surface area contributed by atoms with E-state index < -0.39 is 5.97 Å². The van der Waals surface area contributed by atoms with Gasteiger partial charge in [-0.2, -0.15) is 0 Å². The Kier molecular flexibility index (Phi) is 5.49. The minimum Gasteiger partial charge on any atom is -0.478 e. The number of carboxylic acid groups (broad SMARTS) is 1. The van der Waals surface area contributed by atoms with Gasteiger partial charge in [0.15, 0.2) is 5.11 Å². The van der Waals surface area contributed by atoms with Crippen LogP contribution in [0.5, 0.6) is 0 Å². The highest BCUT2D eigenvalue weighted by atomic mass is 35.5. The fourth-order valence-corrected chi connectivity index (χ4v) is 4.39. The molecule has 154 valence electrons. The van der Waals surface area contributed by atoms with Gasteiger partial charge in [-0.05, 0) is 68.5 Å². The first-order chi connectivity index (χ1) is 14.4. The highest BCUT2D eigenvalue weighted by Crippen LogP contribution is 2.42. The van der Waals surface area contributed by atoms with Crippen LogP contribution in [0.1, 0.15) is 47.7 Å². The quantitative estimate of drug-likeness (QED) is 0.535. The van der Waals surface area contributed by atoms with E-state index in [0.717, 1.165) is 5.69 Å². The third-order valence-corrected chi connectivity index (χ3v) is 5.75. The van der Waals surface area contributed by atoms with Crippen molar-refractivity contribution in [3.05, 3.63) is 76.8 Å². The molecule has 6 nitrogen and oxygen atoms in total. The second-order valence-corrected chi connectivity index (χ2v) is 8.12. The number of benzene rings is 1. The number of hydrogen-bond acceptors (Lipinski definition) is 4. The molecule has 2 atom stereocenters. The van der Waals surface area contributed by atoms with Crippen molar-refractivity contribution in [1.82, 2.24) is 15.2 Å². The Morgan fingerprint density at radius 2 is 2.07 bits per heavy atom. The summed E-state index contributed by atoms with van der Waals surface area (Å²) in [5.74, 6) is 0.170. The number of carboxylic acids is 1. The summed E-state index contributed by atoms with van der Waals surface area (Å²) in [7, 11) is 0. The second kappa shape index (κ2) is 8.08. The highest BCUT2D eigenvalue weighted by Gasteiger charge is 2.42. The minimum absolute atomic E-state index is 0.135. The maximum Gasteiger partial charge on any atom is 0.335 e. The SMILES string of the molecule is CC(C)N1C(=S)N[C@@H](c2ccccn2)[C@@H]1c1ccc(-c2cc(C(=O)O)ccc2Cl)o1. The molecule has 0 saturated carbocycles. The number of nitrogens with one attached hydrogen (secondary N) is 1. The van der Waals surface area contributed by atoms with Crippen molar-refractivity contribution in [2.45, 2.75) is 32.0 Å². The van der Waals surface area contributed by atoms with Gasteiger partial charge in [-0.25, -0.2) is 4.79 Å². The smallest absolute Gasteiger partial charge is 0.335 e. The molecule has 0 radical (unpaired) electrons. The van der Waals surface area contributed by atoms with Crippen molar-refractivity contribution in [1.29, 1.82) is 0 Å². The first-order valence-corrected chi connectivity index (χ1v) is 10.3. The fraction of sp³-hybridized carbons (Fsp3) is 0.227. The molecule has 1 aliphatic rings.